The van der Waals surface area contributed by atoms with Crippen LogP contribution >= 0.6 is 11.6 Å². The van der Waals surface area contributed by atoms with Crippen molar-refractivity contribution in [2.75, 3.05) is 13.2 Å². The van der Waals surface area contributed by atoms with Gasteiger partial charge in [0, 0.05) is 17.8 Å². The topological polar surface area (TPSA) is 52.0 Å². The quantitative estimate of drug-likeness (QED) is 0.844. The first-order chi connectivity index (χ1) is 9.28. The van der Waals surface area contributed by atoms with Gasteiger partial charge in [-0.3, -0.25) is 0 Å². The second-order valence-corrected chi connectivity index (χ2v) is 4.49. The first kappa shape index (κ1) is 13.8. The molecule has 0 aliphatic carbocycles. The van der Waals surface area contributed by atoms with E-state index in [1.165, 1.54) is 0 Å². The van der Waals surface area contributed by atoms with Gasteiger partial charge in [0.2, 0.25) is 0 Å². The molecule has 1 N–H and O–H groups in total. The molecule has 5 nitrogen and oxygen atoms in total. The maximum Gasteiger partial charge on any atom is 0.119 e. The van der Waals surface area contributed by atoms with Crippen molar-refractivity contribution in [1.29, 1.82) is 0 Å². The number of rotatable bonds is 7. The highest BCUT2D eigenvalue weighted by Crippen LogP contribution is 2.15. The zero-order valence-electron chi connectivity index (χ0n) is 10.8. The summed E-state index contributed by atoms with van der Waals surface area (Å²) in [6.07, 6.45) is 1.92. The molecule has 0 atom stereocenters. The van der Waals surface area contributed by atoms with Crippen molar-refractivity contribution in [2.45, 2.75) is 20.0 Å². The van der Waals surface area contributed by atoms with E-state index in [9.17, 15) is 0 Å². The van der Waals surface area contributed by atoms with Crippen molar-refractivity contribution in [3.8, 4) is 5.75 Å². The van der Waals surface area contributed by atoms with Gasteiger partial charge in [0.25, 0.3) is 0 Å². The summed E-state index contributed by atoms with van der Waals surface area (Å²) >= 11 is 5.80. The second-order valence-electron chi connectivity index (χ2n) is 4.06. The lowest BCUT2D eigenvalue weighted by Gasteiger charge is -2.05. The van der Waals surface area contributed by atoms with E-state index >= 15 is 0 Å². The van der Waals surface area contributed by atoms with Crippen molar-refractivity contribution >= 4 is 11.6 Å². The molecule has 2 rings (SSSR count). The summed E-state index contributed by atoms with van der Waals surface area (Å²) in [5, 5.41) is 12.0. The summed E-state index contributed by atoms with van der Waals surface area (Å²) in [6.45, 7) is 4.94. The minimum atomic E-state index is 0.547. The number of hydrogen-bond acceptors (Lipinski definition) is 4. The maximum absolute atomic E-state index is 5.80. The lowest BCUT2D eigenvalue weighted by Crippen LogP contribution is -2.12. The standard InChI is InChI=1S/C13H17ClN4O/c1-2-15-9-12-10-18(17-16-12)7-8-19-13-5-3-11(14)4-6-13/h3-6,10,15H,2,7-9H2,1H3. The molecule has 0 aliphatic rings. The van der Waals surface area contributed by atoms with Crippen LogP contribution in [-0.4, -0.2) is 28.1 Å². The fourth-order valence-corrected chi connectivity index (χ4v) is 1.70. The van der Waals surface area contributed by atoms with Gasteiger partial charge in [0.05, 0.1) is 12.2 Å². The van der Waals surface area contributed by atoms with E-state index in [-0.39, 0.29) is 0 Å². The van der Waals surface area contributed by atoms with Crippen molar-refractivity contribution < 1.29 is 4.74 Å². The number of hydrogen-bond donors (Lipinski definition) is 1. The highest BCUT2D eigenvalue weighted by Gasteiger charge is 2.00. The number of nitrogens with one attached hydrogen (secondary N) is 1. The molecule has 0 amide bonds. The molecule has 0 fully saturated rings. The van der Waals surface area contributed by atoms with Crippen LogP contribution in [-0.2, 0) is 13.1 Å². The molecular formula is C13H17ClN4O. The molecule has 0 bridgehead atoms. The molecule has 0 spiro atoms. The summed E-state index contributed by atoms with van der Waals surface area (Å²) in [5.41, 5.74) is 0.938. The zero-order chi connectivity index (χ0) is 13.5. The predicted molar refractivity (Wildman–Crippen MR) is 74.3 cm³/mol. The normalized spacial score (nSPS) is 10.6. The molecule has 102 valence electrons. The lowest BCUT2D eigenvalue weighted by molar-refractivity contribution is 0.289. The van der Waals surface area contributed by atoms with Gasteiger partial charge in [-0.05, 0) is 30.8 Å². The Morgan fingerprint density at radius 1 is 1.32 bits per heavy atom. The zero-order valence-corrected chi connectivity index (χ0v) is 11.6. The highest BCUT2D eigenvalue weighted by atomic mass is 35.5. The fourth-order valence-electron chi connectivity index (χ4n) is 1.57. The van der Waals surface area contributed by atoms with E-state index in [2.05, 4.69) is 22.6 Å². The average molecular weight is 281 g/mol. The van der Waals surface area contributed by atoms with Gasteiger partial charge in [0.15, 0.2) is 0 Å². The van der Waals surface area contributed by atoms with Gasteiger partial charge in [-0.25, -0.2) is 4.68 Å². The maximum atomic E-state index is 5.80. The van der Waals surface area contributed by atoms with Gasteiger partial charge in [-0.1, -0.05) is 23.7 Å². The van der Waals surface area contributed by atoms with Crippen LogP contribution in [0.15, 0.2) is 30.5 Å². The third kappa shape index (κ3) is 4.54. The first-order valence-corrected chi connectivity index (χ1v) is 6.64. The Kier molecular flexibility index (Phi) is 5.18. The molecule has 1 aromatic carbocycles. The van der Waals surface area contributed by atoms with Crippen molar-refractivity contribution in [1.82, 2.24) is 20.3 Å². The molecule has 6 heteroatoms. The second kappa shape index (κ2) is 7.11. The minimum absolute atomic E-state index is 0.547. The van der Waals surface area contributed by atoms with Gasteiger partial charge in [-0.15, -0.1) is 5.10 Å². The summed E-state index contributed by atoms with van der Waals surface area (Å²) in [7, 11) is 0. The predicted octanol–water partition coefficient (Wildman–Crippen LogP) is 2.12. The van der Waals surface area contributed by atoms with Crippen LogP contribution in [0, 0.1) is 0 Å². The Hall–Kier alpha value is -1.59. The molecule has 0 aliphatic heterocycles. The first-order valence-electron chi connectivity index (χ1n) is 6.26. The monoisotopic (exact) mass is 280 g/mol. The molecule has 0 saturated heterocycles. The SMILES string of the molecule is CCNCc1cn(CCOc2ccc(Cl)cc2)nn1. The van der Waals surface area contributed by atoms with E-state index in [1.54, 1.807) is 16.8 Å². The average Bonchev–Trinajstić information content (AvgIpc) is 2.87. The van der Waals surface area contributed by atoms with Crippen LogP contribution in [0.1, 0.15) is 12.6 Å². The van der Waals surface area contributed by atoms with Gasteiger partial charge < -0.3 is 10.1 Å². The summed E-state index contributed by atoms with van der Waals surface area (Å²) < 4.78 is 7.37. The molecule has 0 radical (unpaired) electrons. The fraction of sp³-hybridized carbons (Fsp3) is 0.385. The number of aromatic nitrogens is 3. The summed E-state index contributed by atoms with van der Waals surface area (Å²) in [5.74, 6) is 0.803. The van der Waals surface area contributed by atoms with Crippen LogP contribution in [0.5, 0.6) is 5.75 Å². The Labute approximate surface area is 117 Å². The van der Waals surface area contributed by atoms with Crippen molar-refractivity contribution in [3.05, 3.63) is 41.2 Å². The van der Waals surface area contributed by atoms with Gasteiger partial charge in [-0.2, -0.15) is 0 Å². The molecule has 1 aromatic heterocycles. The minimum Gasteiger partial charge on any atom is -0.492 e. The molecule has 0 unspecified atom stereocenters. The number of ether oxygens (including phenoxy) is 1. The highest BCUT2D eigenvalue weighted by molar-refractivity contribution is 6.30. The largest absolute Gasteiger partial charge is 0.492 e. The van der Waals surface area contributed by atoms with Crippen LogP contribution in [0.3, 0.4) is 0 Å². The number of halogens is 1. The van der Waals surface area contributed by atoms with Crippen LogP contribution < -0.4 is 10.1 Å². The molecule has 2 aromatic rings. The van der Waals surface area contributed by atoms with E-state index in [0.29, 0.717) is 18.2 Å². The number of benzene rings is 1. The van der Waals surface area contributed by atoms with Crippen LogP contribution in [0.2, 0.25) is 5.02 Å². The van der Waals surface area contributed by atoms with Crippen molar-refractivity contribution in [2.24, 2.45) is 0 Å². The summed E-state index contributed by atoms with van der Waals surface area (Å²) in [6, 6.07) is 7.31. The summed E-state index contributed by atoms with van der Waals surface area (Å²) in [4.78, 5) is 0. The Balaban J connectivity index is 1.76. The van der Waals surface area contributed by atoms with E-state index in [4.69, 9.17) is 16.3 Å². The molecular weight excluding hydrogens is 264 g/mol. The Morgan fingerprint density at radius 2 is 2.11 bits per heavy atom. The number of nitrogens with zero attached hydrogens (tertiary/aromatic N) is 3. The van der Waals surface area contributed by atoms with Gasteiger partial charge in [0.1, 0.15) is 12.4 Å². The Morgan fingerprint density at radius 3 is 2.84 bits per heavy atom. The van der Waals surface area contributed by atoms with Crippen molar-refractivity contribution in [3.63, 3.8) is 0 Å². The Bertz CT molecular complexity index is 498. The third-order valence-corrected chi connectivity index (χ3v) is 2.80. The molecule has 0 saturated carbocycles. The lowest BCUT2D eigenvalue weighted by atomic mass is 10.3. The van der Waals surface area contributed by atoms with Crippen LogP contribution in [0.4, 0.5) is 0 Å². The van der Waals surface area contributed by atoms with Gasteiger partial charge >= 0.3 is 0 Å². The van der Waals surface area contributed by atoms with Crippen LogP contribution in [0.25, 0.3) is 0 Å². The van der Waals surface area contributed by atoms with E-state index in [1.807, 2.05) is 18.3 Å². The van der Waals surface area contributed by atoms with E-state index in [0.717, 1.165) is 24.5 Å². The third-order valence-electron chi connectivity index (χ3n) is 2.54. The molecule has 1 heterocycles. The smallest absolute Gasteiger partial charge is 0.119 e. The molecule has 19 heavy (non-hydrogen) atoms. The van der Waals surface area contributed by atoms with E-state index < -0.39 is 0 Å².